The van der Waals surface area contributed by atoms with E-state index in [4.69, 9.17) is 14.5 Å². The normalized spacial score (nSPS) is 15.4. The molecule has 0 amide bonds. The van der Waals surface area contributed by atoms with Crippen molar-refractivity contribution in [3.8, 4) is 11.5 Å². The standard InChI is InChI=1S/C21H34N4O2.HI/c1-5-7-8-11-23-21(22-6-2)25-14-12-24(13-15-25)17-18-9-10-19(26-3)20(16-18)27-4;/h5,7,9-10,16H,6,8,11-15,17H2,1-4H3,(H,22,23);1H/b7-5+;. The van der Waals surface area contributed by atoms with Gasteiger partial charge < -0.3 is 19.7 Å². The molecule has 1 fully saturated rings. The average molecular weight is 502 g/mol. The molecule has 2 rings (SSSR count). The number of guanidine groups is 1. The maximum absolute atomic E-state index is 5.42. The van der Waals surface area contributed by atoms with Gasteiger partial charge in [0, 0.05) is 45.8 Å². The molecule has 1 aromatic carbocycles. The molecule has 6 nitrogen and oxygen atoms in total. The monoisotopic (exact) mass is 502 g/mol. The predicted octanol–water partition coefficient (Wildman–Crippen LogP) is 3.37. The number of rotatable bonds is 8. The third-order valence-electron chi connectivity index (χ3n) is 4.65. The summed E-state index contributed by atoms with van der Waals surface area (Å²) in [5.41, 5.74) is 1.24. The molecule has 0 atom stereocenters. The molecule has 158 valence electrons. The fraction of sp³-hybridized carbons (Fsp3) is 0.571. The van der Waals surface area contributed by atoms with E-state index in [0.29, 0.717) is 0 Å². The van der Waals surface area contributed by atoms with Gasteiger partial charge in [-0.1, -0.05) is 18.2 Å². The quantitative estimate of drug-likeness (QED) is 0.194. The fourth-order valence-electron chi connectivity index (χ4n) is 3.19. The first-order chi connectivity index (χ1) is 13.2. The van der Waals surface area contributed by atoms with E-state index in [1.54, 1.807) is 14.2 Å². The Labute approximate surface area is 187 Å². The molecule has 1 saturated heterocycles. The van der Waals surface area contributed by atoms with Crippen LogP contribution in [0.5, 0.6) is 11.5 Å². The zero-order valence-electron chi connectivity index (χ0n) is 17.6. The number of ether oxygens (including phenoxy) is 2. The number of methoxy groups -OCH3 is 2. The van der Waals surface area contributed by atoms with Gasteiger partial charge in [-0.2, -0.15) is 0 Å². The molecule has 0 aliphatic carbocycles. The Morgan fingerprint density at radius 2 is 1.86 bits per heavy atom. The Morgan fingerprint density at radius 3 is 2.46 bits per heavy atom. The molecule has 7 heteroatoms. The van der Waals surface area contributed by atoms with Crippen molar-refractivity contribution in [3.05, 3.63) is 35.9 Å². The maximum atomic E-state index is 5.42. The number of halogens is 1. The molecule has 0 radical (unpaired) electrons. The Kier molecular flexibility index (Phi) is 12.0. The van der Waals surface area contributed by atoms with Crippen LogP contribution in [0, 0.1) is 0 Å². The molecule has 0 spiro atoms. The summed E-state index contributed by atoms with van der Waals surface area (Å²) in [5.74, 6) is 2.60. The van der Waals surface area contributed by atoms with Crippen LogP contribution in [0.1, 0.15) is 25.8 Å². The fourth-order valence-corrected chi connectivity index (χ4v) is 3.19. The molecular formula is C21H35IN4O2. The molecule has 1 heterocycles. The number of nitrogens with one attached hydrogen (secondary N) is 1. The third-order valence-corrected chi connectivity index (χ3v) is 4.65. The topological polar surface area (TPSA) is 49.3 Å². The van der Waals surface area contributed by atoms with Gasteiger partial charge in [-0.05, 0) is 38.0 Å². The first-order valence-corrected chi connectivity index (χ1v) is 9.79. The molecule has 0 aromatic heterocycles. The summed E-state index contributed by atoms with van der Waals surface area (Å²) in [4.78, 5) is 9.60. The second-order valence-electron chi connectivity index (χ2n) is 6.55. The van der Waals surface area contributed by atoms with E-state index in [2.05, 4.69) is 46.3 Å². The Hall–Kier alpha value is -1.48. The van der Waals surface area contributed by atoms with Gasteiger partial charge in [-0.25, -0.2) is 0 Å². The number of benzene rings is 1. The summed E-state index contributed by atoms with van der Waals surface area (Å²) in [6.07, 6.45) is 5.23. The SMILES string of the molecule is C/C=C/CCN=C(NCC)N1CCN(Cc2ccc(OC)c(OC)c2)CC1.I. The van der Waals surface area contributed by atoms with Crippen molar-refractivity contribution < 1.29 is 9.47 Å². The molecule has 0 saturated carbocycles. The van der Waals surface area contributed by atoms with Crippen LogP contribution in [0.15, 0.2) is 35.3 Å². The van der Waals surface area contributed by atoms with E-state index in [-0.39, 0.29) is 24.0 Å². The summed E-state index contributed by atoms with van der Waals surface area (Å²) in [7, 11) is 3.34. The second-order valence-corrected chi connectivity index (χ2v) is 6.55. The highest BCUT2D eigenvalue weighted by molar-refractivity contribution is 14.0. The molecular weight excluding hydrogens is 467 g/mol. The van der Waals surface area contributed by atoms with Crippen LogP contribution in [-0.4, -0.2) is 69.2 Å². The van der Waals surface area contributed by atoms with Crippen LogP contribution >= 0.6 is 24.0 Å². The lowest BCUT2D eigenvalue weighted by Gasteiger charge is -2.36. The van der Waals surface area contributed by atoms with Gasteiger partial charge in [0.15, 0.2) is 17.5 Å². The van der Waals surface area contributed by atoms with E-state index in [1.807, 2.05) is 13.0 Å². The highest BCUT2D eigenvalue weighted by atomic mass is 127. The van der Waals surface area contributed by atoms with Crippen molar-refractivity contribution >= 4 is 29.9 Å². The van der Waals surface area contributed by atoms with Crippen LogP contribution in [0.4, 0.5) is 0 Å². The molecule has 1 aliphatic heterocycles. The van der Waals surface area contributed by atoms with Gasteiger partial charge in [0.05, 0.1) is 14.2 Å². The number of nitrogens with zero attached hydrogens (tertiary/aromatic N) is 3. The smallest absolute Gasteiger partial charge is 0.194 e. The largest absolute Gasteiger partial charge is 0.493 e. The van der Waals surface area contributed by atoms with Crippen molar-refractivity contribution in [1.29, 1.82) is 0 Å². The highest BCUT2D eigenvalue weighted by Crippen LogP contribution is 2.28. The van der Waals surface area contributed by atoms with Crippen LogP contribution < -0.4 is 14.8 Å². The second kappa shape index (κ2) is 13.7. The van der Waals surface area contributed by atoms with Gasteiger partial charge in [-0.15, -0.1) is 24.0 Å². The zero-order chi connectivity index (χ0) is 19.5. The lowest BCUT2D eigenvalue weighted by molar-refractivity contribution is 0.172. The number of aliphatic imine (C=N–C) groups is 1. The Balaban J connectivity index is 0.00000392. The predicted molar refractivity (Wildman–Crippen MR) is 127 cm³/mol. The van der Waals surface area contributed by atoms with Crippen molar-refractivity contribution in [2.24, 2.45) is 4.99 Å². The number of piperazine rings is 1. The number of allylic oxidation sites excluding steroid dienone is 1. The van der Waals surface area contributed by atoms with Gasteiger partial charge in [0.25, 0.3) is 0 Å². The minimum atomic E-state index is 0. The van der Waals surface area contributed by atoms with Crippen molar-refractivity contribution in [1.82, 2.24) is 15.1 Å². The number of hydrogen-bond donors (Lipinski definition) is 1. The number of hydrogen-bond acceptors (Lipinski definition) is 4. The van der Waals surface area contributed by atoms with Crippen LogP contribution in [0.25, 0.3) is 0 Å². The third kappa shape index (κ3) is 7.50. The van der Waals surface area contributed by atoms with E-state index in [9.17, 15) is 0 Å². The Morgan fingerprint density at radius 1 is 1.14 bits per heavy atom. The van der Waals surface area contributed by atoms with Gasteiger partial charge >= 0.3 is 0 Å². The molecule has 1 aromatic rings. The Bertz CT molecular complexity index is 629. The van der Waals surface area contributed by atoms with Crippen LogP contribution in [-0.2, 0) is 6.54 Å². The summed E-state index contributed by atoms with van der Waals surface area (Å²) < 4.78 is 10.7. The molecule has 1 N–H and O–H groups in total. The van der Waals surface area contributed by atoms with Crippen molar-refractivity contribution in [2.45, 2.75) is 26.8 Å². The minimum absolute atomic E-state index is 0. The first-order valence-electron chi connectivity index (χ1n) is 9.79. The van der Waals surface area contributed by atoms with Crippen LogP contribution in [0.3, 0.4) is 0 Å². The van der Waals surface area contributed by atoms with E-state index < -0.39 is 0 Å². The molecule has 28 heavy (non-hydrogen) atoms. The van der Waals surface area contributed by atoms with Gasteiger partial charge in [-0.3, -0.25) is 9.89 Å². The minimum Gasteiger partial charge on any atom is -0.493 e. The van der Waals surface area contributed by atoms with Gasteiger partial charge in [0.2, 0.25) is 0 Å². The lowest BCUT2D eigenvalue weighted by atomic mass is 10.1. The average Bonchev–Trinajstić information content (AvgIpc) is 2.71. The maximum Gasteiger partial charge on any atom is 0.194 e. The van der Waals surface area contributed by atoms with Crippen molar-refractivity contribution in [3.63, 3.8) is 0 Å². The summed E-state index contributed by atoms with van der Waals surface area (Å²) in [6, 6.07) is 6.16. The van der Waals surface area contributed by atoms with E-state index >= 15 is 0 Å². The highest BCUT2D eigenvalue weighted by Gasteiger charge is 2.20. The van der Waals surface area contributed by atoms with Crippen molar-refractivity contribution in [2.75, 3.05) is 53.5 Å². The summed E-state index contributed by atoms with van der Waals surface area (Å²) >= 11 is 0. The van der Waals surface area contributed by atoms with Gasteiger partial charge in [0.1, 0.15) is 0 Å². The summed E-state index contributed by atoms with van der Waals surface area (Å²) in [5, 5.41) is 3.42. The molecule has 0 unspecified atom stereocenters. The van der Waals surface area contributed by atoms with E-state index in [1.165, 1.54) is 5.56 Å². The summed E-state index contributed by atoms with van der Waals surface area (Å²) in [6.45, 7) is 10.8. The van der Waals surface area contributed by atoms with E-state index in [0.717, 1.165) is 69.7 Å². The van der Waals surface area contributed by atoms with Crippen LogP contribution in [0.2, 0.25) is 0 Å². The molecule has 1 aliphatic rings. The lowest BCUT2D eigenvalue weighted by Crippen LogP contribution is -2.52. The molecule has 0 bridgehead atoms. The first kappa shape index (κ1) is 24.6. The zero-order valence-corrected chi connectivity index (χ0v) is 19.9.